The normalized spacial score (nSPS) is 16.6. The highest BCUT2D eigenvalue weighted by molar-refractivity contribution is 5.79. The summed E-state index contributed by atoms with van der Waals surface area (Å²) in [6.45, 7) is 0.696. The summed E-state index contributed by atoms with van der Waals surface area (Å²) in [6.07, 6.45) is 0.297. The summed E-state index contributed by atoms with van der Waals surface area (Å²) in [7, 11) is 3.93. The number of carbonyl (C=O) groups is 1. The highest BCUT2D eigenvalue weighted by Crippen LogP contribution is 2.30. The Bertz CT molecular complexity index is 1000. The van der Waals surface area contributed by atoms with E-state index in [0.717, 1.165) is 11.3 Å². The molecule has 7 heteroatoms. The molecule has 3 aromatic rings. The summed E-state index contributed by atoms with van der Waals surface area (Å²) < 4.78 is 19.3. The molecule has 4 rings (SSSR count). The maximum Gasteiger partial charge on any atom is 0.258 e. The van der Waals surface area contributed by atoms with Crippen molar-refractivity contribution >= 4 is 11.6 Å². The lowest BCUT2D eigenvalue weighted by atomic mass is 10.1. The fourth-order valence-corrected chi connectivity index (χ4v) is 3.37. The molecule has 1 saturated heterocycles. The maximum absolute atomic E-state index is 13.9. The summed E-state index contributed by atoms with van der Waals surface area (Å²) in [5.41, 5.74) is 2.37. The Kier molecular flexibility index (Phi) is 4.81. The molecule has 0 saturated carbocycles. The van der Waals surface area contributed by atoms with Crippen LogP contribution in [0.15, 0.2) is 53.1 Å². The van der Waals surface area contributed by atoms with E-state index in [4.69, 9.17) is 4.52 Å². The quantitative estimate of drug-likeness (QED) is 0.678. The molecule has 6 nitrogen and oxygen atoms in total. The highest BCUT2D eigenvalue weighted by atomic mass is 19.1. The van der Waals surface area contributed by atoms with Gasteiger partial charge >= 0.3 is 0 Å². The van der Waals surface area contributed by atoms with Crippen molar-refractivity contribution in [1.29, 1.82) is 0 Å². The molecule has 2 heterocycles. The average molecular weight is 380 g/mol. The molecule has 1 aliphatic heterocycles. The van der Waals surface area contributed by atoms with Crippen molar-refractivity contribution in [1.82, 2.24) is 15.0 Å². The van der Waals surface area contributed by atoms with Crippen LogP contribution in [-0.2, 0) is 11.3 Å². The smallest absolute Gasteiger partial charge is 0.258 e. The summed E-state index contributed by atoms with van der Waals surface area (Å²) in [5, 5.41) is 4.09. The van der Waals surface area contributed by atoms with Gasteiger partial charge in [-0.2, -0.15) is 4.98 Å². The fraction of sp³-hybridized carbons (Fsp3) is 0.286. The number of carbonyl (C=O) groups excluding carboxylic acids is 1. The molecule has 0 aliphatic carbocycles. The van der Waals surface area contributed by atoms with Crippen molar-refractivity contribution in [2.45, 2.75) is 18.9 Å². The molecule has 0 spiro atoms. The van der Waals surface area contributed by atoms with Gasteiger partial charge in [0.15, 0.2) is 5.82 Å². The molecule has 1 atom stereocenters. The summed E-state index contributed by atoms with van der Waals surface area (Å²) in [5.74, 6) is 0.442. The van der Waals surface area contributed by atoms with E-state index in [1.54, 1.807) is 23.1 Å². The van der Waals surface area contributed by atoms with Crippen LogP contribution in [0.4, 0.5) is 10.1 Å². The molecule has 1 aromatic heterocycles. The summed E-state index contributed by atoms with van der Waals surface area (Å²) in [4.78, 5) is 20.5. The number of benzene rings is 2. The molecule has 2 aromatic carbocycles. The van der Waals surface area contributed by atoms with Crippen molar-refractivity contribution < 1.29 is 13.7 Å². The average Bonchev–Trinajstić information content (AvgIpc) is 3.31. The van der Waals surface area contributed by atoms with Crippen LogP contribution in [0.3, 0.4) is 0 Å². The molecule has 144 valence electrons. The number of nitrogens with zero attached hydrogens (tertiary/aromatic N) is 4. The first-order valence-corrected chi connectivity index (χ1v) is 9.14. The minimum absolute atomic E-state index is 0.0331. The van der Waals surface area contributed by atoms with Crippen LogP contribution >= 0.6 is 0 Å². The number of likely N-dealkylation sites (tertiary alicyclic amines) is 1. The summed E-state index contributed by atoms with van der Waals surface area (Å²) >= 11 is 0. The predicted molar refractivity (Wildman–Crippen MR) is 103 cm³/mol. The first-order valence-electron chi connectivity index (χ1n) is 9.14. The molecule has 0 bridgehead atoms. The Morgan fingerprint density at radius 2 is 2.04 bits per heavy atom. The van der Waals surface area contributed by atoms with Crippen LogP contribution in [0.5, 0.6) is 0 Å². The van der Waals surface area contributed by atoms with Gasteiger partial charge in [0.05, 0.1) is 0 Å². The molecule has 0 N–H and O–H groups in total. The van der Waals surface area contributed by atoms with Gasteiger partial charge in [0, 0.05) is 56.3 Å². The molecule has 0 radical (unpaired) electrons. The number of aromatic nitrogens is 2. The molecule has 1 unspecified atom stereocenters. The zero-order valence-corrected chi connectivity index (χ0v) is 15.8. The number of amides is 1. The van der Waals surface area contributed by atoms with Gasteiger partial charge in [-0.15, -0.1) is 0 Å². The second-order valence-corrected chi connectivity index (χ2v) is 7.17. The molecular weight excluding hydrogens is 359 g/mol. The lowest BCUT2D eigenvalue weighted by molar-refractivity contribution is -0.128. The van der Waals surface area contributed by atoms with E-state index in [9.17, 15) is 9.18 Å². The summed E-state index contributed by atoms with van der Waals surface area (Å²) in [6, 6.07) is 14.3. The standard InChI is InChI=1S/C21H21FN4O2/c1-25(2)17-8-5-7-14(10-17)21-23-20(24-28-21)16-11-19(27)26(13-16)12-15-6-3-4-9-18(15)22/h3-10,16H,11-13H2,1-2H3. The van der Waals surface area contributed by atoms with Crippen LogP contribution in [0.25, 0.3) is 11.5 Å². The van der Waals surface area contributed by atoms with Crippen molar-refractivity contribution in [3.8, 4) is 11.5 Å². The molecule has 1 fully saturated rings. The first kappa shape index (κ1) is 18.2. The van der Waals surface area contributed by atoms with E-state index in [1.165, 1.54) is 6.07 Å². The minimum atomic E-state index is -0.304. The zero-order valence-electron chi connectivity index (χ0n) is 15.8. The fourth-order valence-electron chi connectivity index (χ4n) is 3.37. The van der Waals surface area contributed by atoms with Gasteiger partial charge in [0.1, 0.15) is 5.82 Å². The lowest BCUT2D eigenvalue weighted by Gasteiger charge is -2.16. The van der Waals surface area contributed by atoms with Gasteiger partial charge in [-0.3, -0.25) is 4.79 Å². The van der Waals surface area contributed by atoms with Crippen LogP contribution in [0.1, 0.15) is 23.7 Å². The van der Waals surface area contributed by atoms with Gasteiger partial charge in [-0.05, 0) is 24.3 Å². The molecule has 1 aliphatic rings. The van der Waals surface area contributed by atoms with Crippen molar-refractivity contribution in [3.63, 3.8) is 0 Å². The van der Waals surface area contributed by atoms with Crippen LogP contribution in [0.2, 0.25) is 0 Å². The van der Waals surface area contributed by atoms with Gasteiger partial charge in [0.25, 0.3) is 5.89 Å². The SMILES string of the molecule is CN(C)c1cccc(-c2nc(C3CC(=O)N(Cc4ccccc4F)C3)no2)c1. The molecule has 1 amide bonds. The Balaban J connectivity index is 1.50. The number of rotatable bonds is 5. The first-order chi connectivity index (χ1) is 13.5. The third-order valence-electron chi connectivity index (χ3n) is 4.95. The third-order valence-corrected chi connectivity index (χ3v) is 4.95. The van der Waals surface area contributed by atoms with Gasteiger partial charge in [-0.1, -0.05) is 29.4 Å². The van der Waals surface area contributed by atoms with Crippen molar-refractivity contribution in [2.24, 2.45) is 0 Å². The van der Waals surface area contributed by atoms with Crippen LogP contribution in [0, 0.1) is 5.82 Å². The van der Waals surface area contributed by atoms with Crippen LogP contribution < -0.4 is 4.90 Å². The number of halogens is 1. The van der Waals surface area contributed by atoms with Gasteiger partial charge in [0.2, 0.25) is 5.91 Å². The third kappa shape index (κ3) is 3.60. The second-order valence-electron chi connectivity index (χ2n) is 7.17. The maximum atomic E-state index is 13.9. The highest BCUT2D eigenvalue weighted by Gasteiger charge is 2.34. The van der Waals surface area contributed by atoms with Crippen molar-refractivity contribution in [3.05, 3.63) is 65.7 Å². The lowest BCUT2D eigenvalue weighted by Crippen LogP contribution is -2.25. The molecule has 28 heavy (non-hydrogen) atoms. The molecular formula is C21H21FN4O2. The number of anilines is 1. The van der Waals surface area contributed by atoms with E-state index < -0.39 is 0 Å². The van der Waals surface area contributed by atoms with Crippen molar-refractivity contribution in [2.75, 3.05) is 25.5 Å². The predicted octanol–water partition coefficient (Wildman–Crippen LogP) is 3.46. The number of hydrogen-bond acceptors (Lipinski definition) is 5. The Morgan fingerprint density at radius 1 is 1.21 bits per heavy atom. The minimum Gasteiger partial charge on any atom is -0.378 e. The number of hydrogen-bond donors (Lipinski definition) is 0. The largest absolute Gasteiger partial charge is 0.378 e. The topological polar surface area (TPSA) is 62.5 Å². The van der Waals surface area contributed by atoms with E-state index in [1.807, 2.05) is 43.3 Å². The van der Waals surface area contributed by atoms with Gasteiger partial charge in [-0.25, -0.2) is 4.39 Å². The Hall–Kier alpha value is -3.22. The zero-order chi connectivity index (χ0) is 19.7. The Labute approximate surface area is 162 Å². The monoisotopic (exact) mass is 380 g/mol. The van der Waals surface area contributed by atoms with E-state index >= 15 is 0 Å². The van der Waals surface area contributed by atoms with E-state index in [-0.39, 0.29) is 24.2 Å². The van der Waals surface area contributed by atoms with Gasteiger partial charge < -0.3 is 14.3 Å². The van der Waals surface area contributed by atoms with Crippen LogP contribution in [-0.4, -0.2) is 41.6 Å². The Morgan fingerprint density at radius 3 is 2.82 bits per heavy atom. The van der Waals surface area contributed by atoms with E-state index in [2.05, 4.69) is 10.1 Å². The second kappa shape index (κ2) is 7.42. The van der Waals surface area contributed by atoms with E-state index in [0.29, 0.717) is 30.2 Å².